The van der Waals surface area contributed by atoms with Gasteiger partial charge in [-0.1, -0.05) is 74.1 Å². The van der Waals surface area contributed by atoms with E-state index < -0.39 is 148 Å². The summed E-state index contributed by atoms with van der Waals surface area (Å²) in [6.07, 6.45) is -11.0. The Bertz CT molecular complexity index is 2330. The molecule has 86 heavy (non-hydrogen) atoms. The van der Waals surface area contributed by atoms with Gasteiger partial charge in [0.2, 0.25) is 22.9 Å². The van der Waals surface area contributed by atoms with E-state index >= 15 is 0 Å². The molecule has 0 saturated carbocycles. The highest BCUT2D eigenvalue weighted by atomic mass is 16.8. The highest BCUT2D eigenvalue weighted by molar-refractivity contribution is 6.03. The van der Waals surface area contributed by atoms with Crippen LogP contribution < -0.4 is 0 Å². The minimum absolute atomic E-state index is 0. The van der Waals surface area contributed by atoms with Crippen LogP contribution in [0.5, 0.6) is 0 Å². The molecule has 0 aromatic heterocycles. The number of aliphatic hydroxyl groups is 10. The van der Waals surface area contributed by atoms with Crippen molar-refractivity contribution >= 4 is 54.1 Å². The molecule has 5 aliphatic heterocycles. The van der Waals surface area contributed by atoms with Crippen LogP contribution in [0.3, 0.4) is 0 Å². The fraction of sp³-hybridized carbons (Fsp3) is 0.827. The maximum absolute atomic E-state index is 12.7. The average molecular weight is 1260 g/mol. The van der Waals surface area contributed by atoms with Crippen LogP contribution in [0, 0.1) is 0 Å². The molecule has 0 amide bonds. The van der Waals surface area contributed by atoms with Crippen molar-refractivity contribution < 1.29 is 165 Å². The third-order valence-electron chi connectivity index (χ3n) is 15.2. The van der Waals surface area contributed by atoms with E-state index in [1.165, 1.54) is 21.0 Å². The second-order valence-electron chi connectivity index (χ2n) is 19.6. The van der Waals surface area contributed by atoms with Gasteiger partial charge in [-0.25, -0.2) is 33.6 Å². The van der Waals surface area contributed by atoms with Crippen molar-refractivity contribution in [1.82, 2.24) is 0 Å². The second-order valence-corrected chi connectivity index (χ2v) is 19.6. The Hall–Kier alpha value is -5.59. The van der Waals surface area contributed by atoms with Gasteiger partial charge in [0.25, 0.3) is 5.60 Å². The van der Waals surface area contributed by atoms with E-state index in [-0.39, 0.29) is 40.0 Å². The molecule has 5 aliphatic rings. The van der Waals surface area contributed by atoms with Crippen LogP contribution in [0.15, 0.2) is 0 Å². The number of cyclic esters (lactones) is 1. The van der Waals surface area contributed by atoms with Crippen LogP contribution in [0.2, 0.25) is 0 Å². The minimum atomic E-state index is -3.57. The summed E-state index contributed by atoms with van der Waals surface area (Å²) in [6.45, 7) is 8.33. The number of hydrogen-bond donors (Lipinski definition) is 10. The Morgan fingerprint density at radius 2 is 1.02 bits per heavy atom. The quantitative estimate of drug-likeness (QED) is 0.0314. The molecular weight excluding hydrogens is 1170 g/mol. The van der Waals surface area contributed by atoms with Gasteiger partial charge >= 0.3 is 54.1 Å². The summed E-state index contributed by atoms with van der Waals surface area (Å²) in [5, 5.41) is 107. The van der Waals surface area contributed by atoms with Crippen molar-refractivity contribution in [1.29, 1.82) is 0 Å². The molecule has 34 nitrogen and oxygen atoms in total. The molecule has 0 aliphatic carbocycles. The first-order chi connectivity index (χ1) is 39.1. The fourth-order valence-corrected chi connectivity index (χ4v) is 10.6. The lowest BCUT2D eigenvalue weighted by atomic mass is 9.74. The normalized spacial score (nSPS) is 36.0. The van der Waals surface area contributed by atoms with Crippen molar-refractivity contribution in [2.45, 2.75) is 220 Å². The van der Waals surface area contributed by atoms with Crippen molar-refractivity contribution in [2.75, 3.05) is 56.9 Å². The third-order valence-corrected chi connectivity index (χ3v) is 15.2. The largest absolute Gasteiger partial charge is 0.467 e. The monoisotopic (exact) mass is 1250 g/mol. The van der Waals surface area contributed by atoms with Gasteiger partial charge in [-0.15, -0.1) is 0 Å². The number of hydrogen-bond acceptors (Lipinski definition) is 34. The first-order valence-electron chi connectivity index (χ1n) is 25.6. The molecule has 5 saturated heterocycles. The molecule has 5 unspecified atom stereocenters. The predicted molar refractivity (Wildman–Crippen MR) is 275 cm³/mol. The zero-order valence-corrected chi connectivity index (χ0v) is 48.5. The lowest BCUT2D eigenvalue weighted by molar-refractivity contribution is -0.380. The molecule has 2 bridgehead atoms. The molecule has 5 heterocycles. The summed E-state index contributed by atoms with van der Waals surface area (Å²) in [6, 6.07) is 0. The van der Waals surface area contributed by atoms with Gasteiger partial charge in [-0.2, -0.15) is 19.2 Å². The number of methoxy groups -OCH3 is 8. The van der Waals surface area contributed by atoms with Crippen LogP contribution in [0.1, 0.15) is 114 Å². The first-order valence-corrected chi connectivity index (χ1v) is 25.6. The van der Waals surface area contributed by atoms with Crippen molar-refractivity contribution in [3.63, 3.8) is 0 Å². The van der Waals surface area contributed by atoms with Gasteiger partial charge in [-0.3, -0.25) is 0 Å². The summed E-state index contributed by atoms with van der Waals surface area (Å²) in [4.78, 5) is 119. The highest BCUT2D eigenvalue weighted by Gasteiger charge is 2.85. The number of carbonyl (C=O) groups excluding carboxylic acids is 11. The fourth-order valence-electron chi connectivity index (χ4n) is 10.6. The number of ether oxygens (including phenoxy) is 13. The zero-order chi connectivity index (χ0) is 65.4. The molecule has 34 heteroatoms. The molecule has 0 radical (unpaired) electrons. The number of unbranched alkanes of at least 4 members (excludes halogenated alkanes) is 4. The Morgan fingerprint density at radius 3 is 1.44 bits per heavy atom. The Morgan fingerprint density at radius 1 is 0.570 bits per heavy atom. The lowest BCUT2D eigenvalue weighted by Gasteiger charge is -2.50. The van der Waals surface area contributed by atoms with Crippen LogP contribution in [0.4, 0.5) is 0 Å². The van der Waals surface area contributed by atoms with Crippen molar-refractivity contribution in [3.8, 4) is 0 Å². The van der Waals surface area contributed by atoms with Crippen LogP contribution in [-0.4, -0.2) is 268 Å². The summed E-state index contributed by atoms with van der Waals surface area (Å²) < 4.78 is 64.7. The van der Waals surface area contributed by atoms with E-state index in [2.05, 4.69) is 30.6 Å². The van der Waals surface area contributed by atoms with Gasteiger partial charge in [-0.05, 0) is 20.3 Å². The third kappa shape index (κ3) is 13.8. The number of rotatable bonds is 20. The van der Waals surface area contributed by atoms with Crippen LogP contribution in [0.25, 0.3) is 0 Å². The molecule has 5 fully saturated rings. The molecule has 0 aromatic carbocycles. The number of aliphatic hydroxyl groups excluding tert-OH is 7. The van der Waals surface area contributed by atoms with E-state index in [4.69, 9.17) is 57.1 Å². The molecule has 10 N–H and O–H groups in total. The van der Waals surface area contributed by atoms with E-state index in [1.807, 2.05) is 0 Å². The second kappa shape index (κ2) is 33.1. The van der Waals surface area contributed by atoms with Gasteiger partial charge in [0, 0.05) is 33.5 Å². The van der Waals surface area contributed by atoms with Gasteiger partial charge in [0.15, 0.2) is 29.6 Å². The average Bonchev–Trinajstić information content (AvgIpc) is 1.54. The van der Waals surface area contributed by atoms with Crippen LogP contribution >= 0.6 is 0 Å². The number of fused-ring (bicyclic) bond motifs is 2. The smallest absolute Gasteiger partial charge is 0.373 e. The van der Waals surface area contributed by atoms with Gasteiger partial charge < -0.3 is 113 Å². The van der Waals surface area contributed by atoms with E-state index in [0.717, 1.165) is 81.9 Å². The van der Waals surface area contributed by atoms with Crippen molar-refractivity contribution in [2.24, 2.45) is 0 Å². The molecule has 498 valence electrons. The van der Waals surface area contributed by atoms with Crippen LogP contribution in [-0.2, 0) is 114 Å². The Kier molecular flexibility index (Phi) is 31.8. The zero-order valence-electron chi connectivity index (χ0n) is 48.5. The summed E-state index contributed by atoms with van der Waals surface area (Å²) >= 11 is 0. The number of esters is 7. The lowest BCUT2D eigenvalue weighted by Crippen LogP contribution is -2.75. The molecule has 18 atom stereocenters. The van der Waals surface area contributed by atoms with Gasteiger partial charge in [0.05, 0.1) is 42.7 Å². The summed E-state index contributed by atoms with van der Waals surface area (Å²) in [5.74, 6) is -15.4. The number of carbonyl (C=O) groups is 7. The summed E-state index contributed by atoms with van der Waals surface area (Å²) in [5.41, 5.74) is -16.1. The molecule has 1 spiro atoms. The molecular formula is C52H86O34. The predicted octanol–water partition coefficient (Wildman–Crippen LogP) is -4.16. The van der Waals surface area contributed by atoms with Gasteiger partial charge in [0.1, 0.15) is 47.8 Å². The molecule has 0 aromatic rings. The molecule has 5 rings (SSSR count). The van der Waals surface area contributed by atoms with E-state index in [1.54, 1.807) is 13.8 Å². The Labute approximate surface area is 495 Å². The first kappa shape index (κ1) is 82.5. The summed E-state index contributed by atoms with van der Waals surface area (Å²) in [7, 11) is 7.73. The Balaban J connectivity index is 0. The van der Waals surface area contributed by atoms with E-state index in [0.29, 0.717) is 19.3 Å². The van der Waals surface area contributed by atoms with E-state index in [9.17, 15) is 84.6 Å². The SMILES string of the molecule is C.C.CCCCCCCC12OC(C(=O)OC)C(C)(O)C(C)(O1)[C@H](O)[C@H]2O.CCC[C@@]1(OC)O[C@@](C(=O)OC)([C@](O)(C(=O)OC)C(O)C(=O)OC)[C@H](O)[C@H]1O.CCC[C@]1(OC)O[C@]2(C(=O)O[C@H](C(=O)OC)[C@@]2(O)C(=O)OC)[C@H](O)[C@H]1O.O=C=O.O=C=O. The maximum Gasteiger partial charge on any atom is 0.373 e. The standard InChI is InChI=1S/C17H30O7.C16H26O12.C15H22O11.2CO2.2CH4/c1-5-6-7-8-9-10-17-12(19)11(18)16(3,24-17)15(2,21)13(23-17)14(20)22-4;1-6-7-14(27-5)8(17)9(18)16(28-14,13(22)26-4)15(23,12(21)25-3)10(19)11(20)24-2;1-5-6-13(24-4)7(16)8(17)15(26-13)12(20)25-9(10(18)22-2)14(15,21)11(19)23-3;2*2-1-3;;/h11-13,18-19,21H,5-10H2,1-4H3;8-10,17-19,23H,6-7H2,1-5H3;7-9,16-17,21H,5-6H2,1-4H3;;;2*1H4/t11-,12-,13?,15?,16?,17?;8-,9-,10?,14-,15-,16+;7-,8-,9-,13+,14-,15+;;;;/m111..../s1. The highest BCUT2D eigenvalue weighted by Crippen LogP contribution is 2.56. The topological polar surface area (TPSA) is 510 Å². The minimum Gasteiger partial charge on any atom is -0.467 e. The maximum atomic E-state index is 12.7. The van der Waals surface area contributed by atoms with Crippen molar-refractivity contribution in [3.05, 3.63) is 0 Å².